The van der Waals surface area contributed by atoms with Crippen LogP contribution < -0.4 is 0 Å². The van der Waals surface area contributed by atoms with Crippen molar-refractivity contribution in [2.75, 3.05) is 6.61 Å². The quantitative estimate of drug-likeness (QED) is 0.683. The van der Waals surface area contributed by atoms with Gasteiger partial charge in [-0.2, -0.15) is 0 Å². The molecular weight excluding hydrogens is 180 g/mol. The summed E-state index contributed by atoms with van der Waals surface area (Å²) in [4.78, 5) is 11.4. The molecule has 0 saturated carbocycles. The maximum Gasteiger partial charge on any atom is 0.161 e. The van der Waals surface area contributed by atoms with E-state index in [9.17, 15) is 4.79 Å². The highest BCUT2D eigenvalue weighted by Crippen LogP contribution is 2.16. The highest BCUT2D eigenvalue weighted by molar-refractivity contribution is 5.82. The molecule has 3 nitrogen and oxygen atoms in total. The third-order valence-corrected chi connectivity index (χ3v) is 2.44. The second-order valence-corrected chi connectivity index (χ2v) is 3.79. The van der Waals surface area contributed by atoms with E-state index in [1.807, 2.05) is 13.8 Å². The molecule has 0 amide bonds. The number of ketones is 1. The van der Waals surface area contributed by atoms with Crippen LogP contribution in [0.2, 0.25) is 0 Å². The molecule has 0 radical (unpaired) electrons. The third kappa shape index (κ3) is 3.76. The van der Waals surface area contributed by atoms with Crippen molar-refractivity contribution >= 4 is 5.78 Å². The van der Waals surface area contributed by atoms with E-state index in [-0.39, 0.29) is 18.2 Å². The summed E-state index contributed by atoms with van der Waals surface area (Å²) in [5.74, 6) is 0.182. The van der Waals surface area contributed by atoms with Crippen molar-refractivity contribution in [2.24, 2.45) is 0 Å². The van der Waals surface area contributed by atoms with Crippen molar-refractivity contribution in [3.63, 3.8) is 0 Å². The van der Waals surface area contributed by atoms with Crippen molar-refractivity contribution < 1.29 is 14.3 Å². The van der Waals surface area contributed by atoms with Gasteiger partial charge in [0.2, 0.25) is 0 Å². The lowest BCUT2D eigenvalue weighted by Gasteiger charge is -2.25. The molecule has 0 bridgehead atoms. The Bertz CT molecular complexity index is 173. The first kappa shape index (κ1) is 11.7. The summed E-state index contributed by atoms with van der Waals surface area (Å²) in [6.07, 6.45) is 4.20. The maximum atomic E-state index is 11.4. The van der Waals surface area contributed by atoms with E-state index in [1.54, 1.807) is 0 Å². The average Bonchev–Trinajstić information content (AvgIpc) is 2.19. The van der Waals surface area contributed by atoms with Gasteiger partial charge in [-0.3, -0.25) is 4.79 Å². The molecule has 0 aliphatic carbocycles. The Morgan fingerprint density at radius 2 is 2.36 bits per heavy atom. The van der Waals surface area contributed by atoms with E-state index >= 15 is 0 Å². The van der Waals surface area contributed by atoms with Gasteiger partial charge in [-0.1, -0.05) is 6.92 Å². The summed E-state index contributed by atoms with van der Waals surface area (Å²) in [6, 6.07) is 0. The van der Waals surface area contributed by atoms with Gasteiger partial charge in [0.1, 0.15) is 6.10 Å². The van der Waals surface area contributed by atoms with Crippen LogP contribution in [0.25, 0.3) is 0 Å². The molecule has 1 fully saturated rings. The second kappa shape index (κ2) is 6.14. The van der Waals surface area contributed by atoms with Crippen LogP contribution in [-0.2, 0) is 14.3 Å². The number of rotatable bonds is 5. The Hall–Kier alpha value is -0.410. The van der Waals surface area contributed by atoms with Crippen molar-refractivity contribution in [3.8, 4) is 0 Å². The molecule has 0 aromatic heterocycles. The van der Waals surface area contributed by atoms with E-state index in [0.717, 1.165) is 32.3 Å². The van der Waals surface area contributed by atoms with E-state index in [0.29, 0.717) is 6.42 Å². The number of hydrogen-bond acceptors (Lipinski definition) is 3. The normalized spacial score (nSPS) is 24.6. The van der Waals surface area contributed by atoms with Crippen LogP contribution in [-0.4, -0.2) is 24.8 Å². The topological polar surface area (TPSA) is 35.5 Å². The maximum absolute atomic E-state index is 11.4. The van der Waals surface area contributed by atoms with Crippen LogP contribution in [0.4, 0.5) is 0 Å². The van der Waals surface area contributed by atoms with E-state index in [4.69, 9.17) is 9.47 Å². The zero-order chi connectivity index (χ0) is 10.4. The van der Waals surface area contributed by atoms with Gasteiger partial charge >= 0.3 is 0 Å². The van der Waals surface area contributed by atoms with Crippen molar-refractivity contribution in [1.29, 1.82) is 0 Å². The van der Waals surface area contributed by atoms with Crippen molar-refractivity contribution in [2.45, 2.75) is 58.3 Å². The highest BCUT2D eigenvalue weighted by atomic mass is 16.7. The molecule has 3 heteroatoms. The molecule has 14 heavy (non-hydrogen) atoms. The van der Waals surface area contributed by atoms with Gasteiger partial charge in [0.05, 0.1) is 0 Å². The highest BCUT2D eigenvalue weighted by Gasteiger charge is 2.20. The summed E-state index contributed by atoms with van der Waals surface area (Å²) in [7, 11) is 0. The van der Waals surface area contributed by atoms with E-state index in [1.165, 1.54) is 0 Å². The lowest BCUT2D eigenvalue weighted by Crippen LogP contribution is -2.30. The van der Waals surface area contributed by atoms with Crippen LogP contribution in [0.15, 0.2) is 0 Å². The summed E-state index contributed by atoms with van der Waals surface area (Å²) >= 11 is 0. The molecule has 1 unspecified atom stereocenters. The van der Waals surface area contributed by atoms with E-state index in [2.05, 4.69) is 0 Å². The molecular formula is C11H20O3. The first-order chi connectivity index (χ1) is 6.74. The molecule has 2 atom stereocenters. The third-order valence-electron chi connectivity index (χ3n) is 2.44. The van der Waals surface area contributed by atoms with Gasteiger partial charge < -0.3 is 9.47 Å². The van der Waals surface area contributed by atoms with Gasteiger partial charge in [-0.25, -0.2) is 0 Å². The smallest absolute Gasteiger partial charge is 0.161 e. The SMILES string of the molecule is CCCC(=O)[C@@H](C)OC1CCCCO1. The van der Waals surface area contributed by atoms with Gasteiger partial charge in [0, 0.05) is 13.0 Å². The molecule has 0 spiro atoms. The minimum Gasteiger partial charge on any atom is -0.353 e. The molecule has 0 aromatic carbocycles. The monoisotopic (exact) mass is 200 g/mol. The minimum atomic E-state index is -0.307. The predicted octanol–water partition coefficient (Wildman–Crippen LogP) is 2.29. The summed E-state index contributed by atoms with van der Waals surface area (Å²) in [6.45, 7) is 4.58. The number of hydrogen-bond donors (Lipinski definition) is 0. The van der Waals surface area contributed by atoms with Crippen molar-refractivity contribution in [3.05, 3.63) is 0 Å². The summed E-state index contributed by atoms with van der Waals surface area (Å²) in [5, 5.41) is 0. The van der Waals surface area contributed by atoms with Crippen LogP contribution in [0.3, 0.4) is 0 Å². The summed E-state index contributed by atoms with van der Waals surface area (Å²) in [5.41, 5.74) is 0. The molecule has 0 N–H and O–H groups in total. The van der Waals surface area contributed by atoms with Crippen LogP contribution >= 0.6 is 0 Å². The standard InChI is InChI=1S/C11H20O3/c1-3-6-10(12)9(2)14-11-7-4-5-8-13-11/h9,11H,3-8H2,1-2H3/t9-,11?/m1/s1. The first-order valence-electron chi connectivity index (χ1n) is 5.53. The summed E-state index contributed by atoms with van der Waals surface area (Å²) < 4.78 is 10.9. The number of carbonyl (C=O) groups is 1. The predicted molar refractivity (Wildman–Crippen MR) is 54.1 cm³/mol. The molecule has 1 heterocycles. The zero-order valence-corrected chi connectivity index (χ0v) is 9.12. The van der Waals surface area contributed by atoms with Gasteiger partial charge in [0.15, 0.2) is 12.1 Å². The Labute approximate surface area is 85.8 Å². The molecule has 1 aliphatic heterocycles. The number of carbonyl (C=O) groups excluding carboxylic acids is 1. The molecule has 0 aromatic rings. The van der Waals surface area contributed by atoms with Gasteiger partial charge in [-0.05, 0) is 32.6 Å². The Kier molecular flexibility index (Phi) is 5.12. The fourth-order valence-corrected chi connectivity index (χ4v) is 1.57. The fraction of sp³-hybridized carbons (Fsp3) is 0.909. The number of ether oxygens (including phenoxy) is 2. The Balaban J connectivity index is 2.24. The largest absolute Gasteiger partial charge is 0.353 e. The molecule has 1 aliphatic rings. The Morgan fingerprint density at radius 1 is 1.57 bits per heavy atom. The van der Waals surface area contributed by atoms with Gasteiger partial charge in [-0.15, -0.1) is 0 Å². The van der Waals surface area contributed by atoms with Crippen LogP contribution in [0.1, 0.15) is 46.0 Å². The van der Waals surface area contributed by atoms with Crippen LogP contribution in [0.5, 0.6) is 0 Å². The second-order valence-electron chi connectivity index (χ2n) is 3.79. The number of Topliss-reactive ketones (excluding diaryl/α,β-unsaturated/α-hetero) is 1. The Morgan fingerprint density at radius 3 is 2.93 bits per heavy atom. The fourth-order valence-electron chi connectivity index (χ4n) is 1.57. The molecule has 1 rings (SSSR count). The molecule has 1 saturated heterocycles. The van der Waals surface area contributed by atoms with Crippen molar-refractivity contribution in [1.82, 2.24) is 0 Å². The lowest BCUT2D eigenvalue weighted by atomic mass is 10.1. The lowest BCUT2D eigenvalue weighted by molar-refractivity contribution is -0.188. The molecule has 82 valence electrons. The first-order valence-corrected chi connectivity index (χ1v) is 5.53. The van der Waals surface area contributed by atoms with Gasteiger partial charge in [0.25, 0.3) is 0 Å². The minimum absolute atomic E-state index is 0.153. The zero-order valence-electron chi connectivity index (χ0n) is 9.12. The van der Waals surface area contributed by atoms with E-state index < -0.39 is 0 Å². The average molecular weight is 200 g/mol. The van der Waals surface area contributed by atoms with Crippen LogP contribution in [0, 0.1) is 0 Å².